The first-order chi connectivity index (χ1) is 14.2. The smallest absolute Gasteiger partial charge is 0.256 e. The standard InChI is InChI=1S/C20H18N4O4S2/c1-24(19(26)14-10-21-15-6-4-3-5-13(14)15)11-18(25)23-20-22-16-8-7-12(30(2,27)28)9-17(16)29-20/h3-10,21H,11H2,1-2H3,(H,22,23,25). The van der Waals surface area contributed by atoms with Crippen LogP contribution in [-0.2, 0) is 14.6 Å². The minimum Gasteiger partial charge on any atom is -0.360 e. The summed E-state index contributed by atoms with van der Waals surface area (Å²) >= 11 is 1.18. The second-order valence-electron chi connectivity index (χ2n) is 6.88. The summed E-state index contributed by atoms with van der Waals surface area (Å²) in [6.45, 7) is -0.150. The molecule has 0 spiro atoms. The molecule has 2 N–H and O–H groups in total. The van der Waals surface area contributed by atoms with Crippen molar-refractivity contribution in [3.05, 3.63) is 54.2 Å². The first kappa shape index (κ1) is 20.0. The number of aromatic nitrogens is 2. The zero-order valence-corrected chi connectivity index (χ0v) is 17.8. The highest BCUT2D eigenvalue weighted by Gasteiger charge is 2.19. The summed E-state index contributed by atoms with van der Waals surface area (Å²) in [5.41, 5.74) is 1.93. The van der Waals surface area contributed by atoms with Crippen molar-refractivity contribution in [1.82, 2.24) is 14.9 Å². The van der Waals surface area contributed by atoms with Crippen LogP contribution in [0.3, 0.4) is 0 Å². The van der Waals surface area contributed by atoms with Gasteiger partial charge in [-0.1, -0.05) is 29.5 Å². The third-order valence-electron chi connectivity index (χ3n) is 4.58. The Hall–Kier alpha value is -3.24. The van der Waals surface area contributed by atoms with Crippen LogP contribution >= 0.6 is 11.3 Å². The third-order valence-corrected chi connectivity index (χ3v) is 6.63. The Morgan fingerprint density at radius 2 is 1.97 bits per heavy atom. The van der Waals surface area contributed by atoms with Gasteiger partial charge in [0.25, 0.3) is 5.91 Å². The minimum absolute atomic E-state index is 0.150. The van der Waals surface area contributed by atoms with Crippen LogP contribution in [0.25, 0.3) is 21.1 Å². The molecule has 10 heteroatoms. The van der Waals surface area contributed by atoms with Crippen LogP contribution in [0.4, 0.5) is 5.13 Å². The van der Waals surface area contributed by atoms with E-state index in [4.69, 9.17) is 0 Å². The van der Waals surface area contributed by atoms with Gasteiger partial charge in [0, 0.05) is 30.4 Å². The molecule has 8 nitrogen and oxygen atoms in total. The fraction of sp³-hybridized carbons (Fsp3) is 0.150. The molecule has 2 aromatic carbocycles. The van der Waals surface area contributed by atoms with Gasteiger partial charge in [-0.3, -0.25) is 9.59 Å². The maximum absolute atomic E-state index is 12.7. The number of H-pyrrole nitrogens is 1. The van der Waals surface area contributed by atoms with Crippen molar-refractivity contribution in [2.75, 3.05) is 25.2 Å². The Kier molecular flexibility index (Phi) is 5.04. The quantitative estimate of drug-likeness (QED) is 0.494. The predicted molar refractivity (Wildman–Crippen MR) is 117 cm³/mol. The number of hydrogen-bond donors (Lipinski definition) is 2. The molecule has 0 aliphatic heterocycles. The molecule has 2 aromatic heterocycles. The minimum atomic E-state index is -3.33. The van der Waals surface area contributed by atoms with Crippen molar-refractivity contribution in [3.8, 4) is 0 Å². The van der Waals surface area contributed by atoms with Crippen molar-refractivity contribution in [1.29, 1.82) is 0 Å². The Morgan fingerprint density at radius 1 is 1.20 bits per heavy atom. The van der Waals surface area contributed by atoms with E-state index in [0.29, 0.717) is 20.9 Å². The molecule has 154 valence electrons. The molecule has 0 aliphatic carbocycles. The van der Waals surface area contributed by atoms with Crippen LogP contribution < -0.4 is 5.32 Å². The normalized spacial score (nSPS) is 11.7. The van der Waals surface area contributed by atoms with E-state index in [2.05, 4.69) is 15.3 Å². The Morgan fingerprint density at radius 3 is 2.73 bits per heavy atom. The number of carbonyl (C=O) groups is 2. The van der Waals surface area contributed by atoms with E-state index in [0.717, 1.165) is 17.2 Å². The van der Waals surface area contributed by atoms with Gasteiger partial charge in [0.15, 0.2) is 15.0 Å². The molecular weight excluding hydrogens is 424 g/mol. The first-order valence-corrected chi connectivity index (χ1v) is 11.7. The van der Waals surface area contributed by atoms with E-state index in [1.54, 1.807) is 19.3 Å². The summed E-state index contributed by atoms with van der Waals surface area (Å²) in [6.07, 6.45) is 2.77. The summed E-state index contributed by atoms with van der Waals surface area (Å²) in [7, 11) is -1.77. The Labute approximate surface area is 176 Å². The number of benzene rings is 2. The van der Waals surface area contributed by atoms with E-state index in [1.165, 1.54) is 28.4 Å². The van der Waals surface area contributed by atoms with E-state index < -0.39 is 15.7 Å². The van der Waals surface area contributed by atoms with Crippen molar-refractivity contribution < 1.29 is 18.0 Å². The Bertz CT molecular complexity index is 1390. The van der Waals surface area contributed by atoms with Gasteiger partial charge in [0.1, 0.15) is 0 Å². The Balaban J connectivity index is 1.47. The summed E-state index contributed by atoms with van der Waals surface area (Å²) in [6, 6.07) is 12.1. The number of sulfone groups is 1. The number of nitrogens with one attached hydrogen (secondary N) is 2. The van der Waals surface area contributed by atoms with Crippen molar-refractivity contribution in [2.24, 2.45) is 0 Å². The molecule has 0 aliphatic rings. The number of nitrogens with zero attached hydrogens (tertiary/aromatic N) is 2. The SMILES string of the molecule is CN(CC(=O)Nc1nc2ccc(S(C)(=O)=O)cc2s1)C(=O)c1c[nH]c2ccccc12. The molecule has 2 amide bonds. The average molecular weight is 443 g/mol. The zero-order chi connectivity index (χ0) is 21.5. The van der Waals surface area contributed by atoms with Crippen LogP contribution in [0, 0.1) is 0 Å². The van der Waals surface area contributed by atoms with Crippen LogP contribution in [0.5, 0.6) is 0 Å². The van der Waals surface area contributed by atoms with Gasteiger partial charge in [-0.25, -0.2) is 13.4 Å². The van der Waals surface area contributed by atoms with Gasteiger partial charge in [0.05, 0.1) is 27.2 Å². The molecule has 0 atom stereocenters. The third kappa shape index (κ3) is 3.91. The fourth-order valence-electron chi connectivity index (χ4n) is 3.09. The molecule has 4 aromatic rings. The van der Waals surface area contributed by atoms with Gasteiger partial charge in [0.2, 0.25) is 5.91 Å². The molecular formula is C20H18N4O4S2. The topological polar surface area (TPSA) is 112 Å². The summed E-state index contributed by atoms with van der Waals surface area (Å²) in [4.78, 5) is 34.0. The lowest BCUT2D eigenvalue weighted by molar-refractivity contribution is -0.116. The molecule has 0 bridgehead atoms. The van der Waals surface area contributed by atoms with Crippen LogP contribution in [-0.4, -0.2) is 54.9 Å². The number of amides is 2. The summed E-state index contributed by atoms with van der Waals surface area (Å²) in [5.74, 6) is -0.669. The predicted octanol–water partition coefficient (Wildman–Crippen LogP) is 2.89. The number of carbonyl (C=O) groups excluding carboxylic acids is 2. The van der Waals surface area contributed by atoms with Crippen LogP contribution in [0.15, 0.2) is 53.6 Å². The molecule has 0 fully saturated rings. The highest BCUT2D eigenvalue weighted by atomic mass is 32.2. The zero-order valence-electron chi connectivity index (χ0n) is 16.2. The molecule has 4 rings (SSSR count). The monoisotopic (exact) mass is 442 g/mol. The number of likely N-dealkylation sites (N-methyl/N-ethyl adjacent to an activating group) is 1. The van der Waals surface area contributed by atoms with Crippen molar-refractivity contribution in [3.63, 3.8) is 0 Å². The summed E-state index contributed by atoms with van der Waals surface area (Å²) in [5, 5.41) is 3.81. The van der Waals surface area contributed by atoms with E-state index in [-0.39, 0.29) is 17.3 Å². The number of rotatable bonds is 5. The lowest BCUT2D eigenvalue weighted by atomic mass is 10.1. The lowest BCUT2D eigenvalue weighted by Crippen LogP contribution is -2.34. The van der Waals surface area contributed by atoms with Gasteiger partial charge in [-0.15, -0.1) is 0 Å². The van der Waals surface area contributed by atoms with Gasteiger partial charge in [-0.2, -0.15) is 0 Å². The van der Waals surface area contributed by atoms with Crippen LogP contribution in [0.1, 0.15) is 10.4 Å². The molecule has 0 radical (unpaired) electrons. The number of fused-ring (bicyclic) bond motifs is 2. The second kappa shape index (κ2) is 7.54. The van der Waals surface area contributed by atoms with E-state index in [9.17, 15) is 18.0 Å². The van der Waals surface area contributed by atoms with E-state index in [1.807, 2.05) is 24.3 Å². The highest BCUT2D eigenvalue weighted by Crippen LogP contribution is 2.28. The highest BCUT2D eigenvalue weighted by molar-refractivity contribution is 7.90. The lowest BCUT2D eigenvalue weighted by Gasteiger charge is -2.15. The maximum atomic E-state index is 12.7. The maximum Gasteiger partial charge on any atom is 0.256 e. The molecule has 2 heterocycles. The average Bonchev–Trinajstić information content (AvgIpc) is 3.29. The van der Waals surface area contributed by atoms with Gasteiger partial charge < -0.3 is 15.2 Å². The molecule has 30 heavy (non-hydrogen) atoms. The number of hydrogen-bond acceptors (Lipinski definition) is 6. The number of anilines is 1. The molecule has 0 unspecified atom stereocenters. The van der Waals surface area contributed by atoms with Gasteiger partial charge in [-0.05, 0) is 24.3 Å². The second-order valence-corrected chi connectivity index (χ2v) is 9.92. The van der Waals surface area contributed by atoms with Crippen molar-refractivity contribution >= 4 is 59.2 Å². The van der Waals surface area contributed by atoms with Crippen molar-refractivity contribution in [2.45, 2.75) is 4.90 Å². The van der Waals surface area contributed by atoms with E-state index >= 15 is 0 Å². The fourth-order valence-corrected chi connectivity index (χ4v) is 4.73. The van der Waals surface area contributed by atoms with Crippen LogP contribution in [0.2, 0.25) is 0 Å². The largest absolute Gasteiger partial charge is 0.360 e. The summed E-state index contributed by atoms with van der Waals surface area (Å²) < 4.78 is 24.1. The number of aromatic amines is 1. The number of para-hydroxylation sites is 1. The van der Waals surface area contributed by atoms with Gasteiger partial charge >= 0.3 is 0 Å². The first-order valence-electron chi connectivity index (χ1n) is 8.94. The molecule has 0 saturated carbocycles. The number of thiazole rings is 1. The molecule has 0 saturated heterocycles.